The first kappa shape index (κ1) is 32.4. The van der Waals surface area contributed by atoms with Crippen molar-refractivity contribution < 1.29 is 18.0 Å². The number of nitrogens with one attached hydrogen (secondary N) is 1. The minimum Gasteiger partial charge on any atom is -0.354 e. The van der Waals surface area contributed by atoms with Crippen LogP contribution in [0.5, 0.6) is 0 Å². The van der Waals surface area contributed by atoms with Crippen molar-refractivity contribution in [2.75, 3.05) is 17.4 Å². The van der Waals surface area contributed by atoms with Crippen molar-refractivity contribution in [3.8, 4) is 0 Å². The number of aryl methyl sites for hydroxylation is 2. The summed E-state index contributed by atoms with van der Waals surface area (Å²) < 4.78 is 29.0. The highest BCUT2D eigenvalue weighted by atomic mass is 35.5. The van der Waals surface area contributed by atoms with Gasteiger partial charge in [0.2, 0.25) is 11.8 Å². The monoisotopic (exact) mass is 617 g/mol. The standard InChI is InChI=1S/C31H37Cl2N3O4S/c1-5-7-18-34-31(38)29(6-2)35(20-26-27(32)14-11-15-28(26)33)30(37)21-36(24-17-16-22(3)23(4)19-24)41(39,40)25-12-9-8-10-13-25/h8-17,19,29H,5-7,18,20-21H2,1-4H3,(H,34,38). The molecule has 3 aromatic carbocycles. The second-order valence-corrected chi connectivity index (χ2v) is 12.6. The number of anilines is 1. The average Bonchev–Trinajstić information content (AvgIpc) is 2.95. The van der Waals surface area contributed by atoms with Crippen LogP contribution < -0.4 is 9.62 Å². The molecule has 3 aromatic rings. The van der Waals surface area contributed by atoms with Crippen molar-refractivity contribution in [3.05, 3.63) is 93.5 Å². The molecule has 10 heteroatoms. The molecule has 0 aliphatic carbocycles. The lowest BCUT2D eigenvalue weighted by molar-refractivity contribution is -0.140. The van der Waals surface area contributed by atoms with E-state index in [9.17, 15) is 18.0 Å². The van der Waals surface area contributed by atoms with Gasteiger partial charge in [-0.15, -0.1) is 0 Å². The molecule has 1 N–H and O–H groups in total. The van der Waals surface area contributed by atoms with E-state index in [0.29, 0.717) is 34.3 Å². The van der Waals surface area contributed by atoms with Crippen LogP contribution in [0, 0.1) is 13.8 Å². The summed E-state index contributed by atoms with van der Waals surface area (Å²) in [6, 6.07) is 17.4. The van der Waals surface area contributed by atoms with E-state index in [4.69, 9.17) is 23.2 Å². The Morgan fingerprint density at radius 3 is 2.15 bits per heavy atom. The number of nitrogens with zero attached hydrogens (tertiary/aromatic N) is 2. The van der Waals surface area contributed by atoms with Crippen LogP contribution in [0.1, 0.15) is 49.8 Å². The molecule has 0 aliphatic rings. The maximum atomic E-state index is 14.2. The highest BCUT2D eigenvalue weighted by molar-refractivity contribution is 7.92. The van der Waals surface area contributed by atoms with Crippen molar-refractivity contribution in [2.24, 2.45) is 0 Å². The molecule has 220 valence electrons. The molecule has 0 aliphatic heterocycles. The number of halogens is 2. The van der Waals surface area contributed by atoms with Gasteiger partial charge in [0.05, 0.1) is 10.6 Å². The fourth-order valence-electron chi connectivity index (χ4n) is 4.41. The number of hydrogen-bond acceptors (Lipinski definition) is 4. The third-order valence-electron chi connectivity index (χ3n) is 6.99. The minimum atomic E-state index is -4.14. The molecule has 2 amide bonds. The molecule has 0 heterocycles. The van der Waals surface area contributed by atoms with Crippen LogP contribution in [0.15, 0.2) is 71.6 Å². The number of amides is 2. The number of rotatable bonds is 13. The van der Waals surface area contributed by atoms with Crippen LogP contribution in [0.4, 0.5) is 5.69 Å². The van der Waals surface area contributed by atoms with Gasteiger partial charge in [0.1, 0.15) is 12.6 Å². The van der Waals surface area contributed by atoms with Crippen molar-refractivity contribution in [1.29, 1.82) is 0 Å². The summed E-state index contributed by atoms with van der Waals surface area (Å²) in [7, 11) is -4.14. The second-order valence-electron chi connectivity index (χ2n) is 9.88. The average molecular weight is 619 g/mol. The molecule has 0 saturated carbocycles. The van der Waals surface area contributed by atoms with Gasteiger partial charge in [-0.05, 0) is 74.2 Å². The molecule has 3 rings (SSSR count). The van der Waals surface area contributed by atoms with Crippen molar-refractivity contribution in [1.82, 2.24) is 10.2 Å². The summed E-state index contributed by atoms with van der Waals surface area (Å²) >= 11 is 12.9. The van der Waals surface area contributed by atoms with Gasteiger partial charge >= 0.3 is 0 Å². The third-order valence-corrected chi connectivity index (χ3v) is 9.49. The zero-order valence-corrected chi connectivity index (χ0v) is 26.2. The van der Waals surface area contributed by atoms with E-state index >= 15 is 0 Å². The Hall–Kier alpha value is -3.07. The molecule has 1 unspecified atom stereocenters. The van der Waals surface area contributed by atoms with Crippen LogP contribution in [0.25, 0.3) is 0 Å². The smallest absolute Gasteiger partial charge is 0.264 e. The van der Waals surface area contributed by atoms with Crippen LogP contribution in [0.2, 0.25) is 10.0 Å². The van der Waals surface area contributed by atoms with E-state index in [-0.39, 0.29) is 17.3 Å². The fourth-order valence-corrected chi connectivity index (χ4v) is 6.35. The highest BCUT2D eigenvalue weighted by Gasteiger charge is 2.34. The molecular formula is C31H37Cl2N3O4S. The Bertz CT molecular complexity index is 1450. The fraction of sp³-hybridized carbons (Fsp3) is 0.355. The van der Waals surface area contributed by atoms with Crippen molar-refractivity contribution in [3.63, 3.8) is 0 Å². The van der Waals surface area contributed by atoms with E-state index in [2.05, 4.69) is 5.32 Å². The first-order valence-electron chi connectivity index (χ1n) is 13.7. The first-order valence-corrected chi connectivity index (χ1v) is 15.9. The van der Waals surface area contributed by atoms with E-state index in [1.54, 1.807) is 55.5 Å². The Morgan fingerprint density at radius 1 is 0.902 bits per heavy atom. The zero-order valence-electron chi connectivity index (χ0n) is 23.9. The first-order chi connectivity index (χ1) is 19.5. The summed E-state index contributed by atoms with van der Waals surface area (Å²) in [5, 5.41) is 3.60. The molecule has 0 spiro atoms. The van der Waals surface area contributed by atoms with E-state index < -0.39 is 28.5 Å². The molecule has 0 radical (unpaired) electrons. The molecule has 0 bridgehead atoms. The number of sulfonamides is 1. The van der Waals surface area contributed by atoms with E-state index in [0.717, 1.165) is 28.3 Å². The van der Waals surface area contributed by atoms with Gasteiger partial charge < -0.3 is 10.2 Å². The lowest BCUT2D eigenvalue weighted by Gasteiger charge is -2.33. The highest BCUT2D eigenvalue weighted by Crippen LogP contribution is 2.29. The molecule has 0 fully saturated rings. The van der Waals surface area contributed by atoms with Gasteiger partial charge in [-0.1, -0.05) is 73.8 Å². The molecule has 0 aromatic heterocycles. The summed E-state index contributed by atoms with van der Waals surface area (Å²) in [6.07, 6.45) is 2.00. The van der Waals surface area contributed by atoms with E-state index in [1.165, 1.54) is 17.0 Å². The quantitative estimate of drug-likeness (QED) is 0.221. The zero-order chi connectivity index (χ0) is 30.2. The maximum absolute atomic E-state index is 14.2. The molecule has 0 saturated heterocycles. The van der Waals surface area contributed by atoms with Gasteiger partial charge in [-0.3, -0.25) is 13.9 Å². The predicted octanol–water partition coefficient (Wildman–Crippen LogP) is 6.53. The largest absolute Gasteiger partial charge is 0.354 e. The van der Waals surface area contributed by atoms with Crippen LogP contribution in [0.3, 0.4) is 0 Å². The number of unbranched alkanes of at least 4 members (excludes halogenated alkanes) is 1. The number of benzene rings is 3. The topological polar surface area (TPSA) is 86.8 Å². The Balaban J connectivity index is 2.09. The summed E-state index contributed by atoms with van der Waals surface area (Å²) in [5.41, 5.74) is 2.70. The van der Waals surface area contributed by atoms with Gasteiger partial charge in [0.15, 0.2) is 0 Å². The Labute approximate surface area is 253 Å². The Kier molecular flexibility index (Phi) is 11.6. The van der Waals surface area contributed by atoms with Crippen LogP contribution in [-0.4, -0.2) is 44.3 Å². The maximum Gasteiger partial charge on any atom is 0.264 e. The summed E-state index contributed by atoms with van der Waals surface area (Å²) in [6.45, 7) is 7.51. The minimum absolute atomic E-state index is 0.0519. The molecular weight excluding hydrogens is 581 g/mol. The predicted molar refractivity (Wildman–Crippen MR) is 166 cm³/mol. The van der Waals surface area contributed by atoms with Gasteiger partial charge in [-0.25, -0.2) is 8.42 Å². The van der Waals surface area contributed by atoms with Gasteiger partial charge in [0, 0.05) is 28.7 Å². The Morgan fingerprint density at radius 2 is 1.56 bits per heavy atom. The van der Waals surface area contributed by atoms with Crippen LogP contribution >= 0.6 is 23.2 Å². The van der Waals surface area contributed by atoms with Crippen molar-refractivity contribution >= 4 is 50.7 Å². The summed E-state index contributed by atoms with van der Waals surface area (Å²) in [5.74, 6) is -0.877. The number of hydrogen-bond donors (Lipinski definition) is 1. The number of carbonyl (C=O) groups excluding carboxylic acids is 2. The lowest BCUT2D eigenvalue weighted by atomic mass is 10.1. The van der Waals surface area contributed by atoms with Crippen molar-refractivity contribution in [2.45, 2.75) is 64.4 Å². The normalized spacial score (nSPS) is 12.0. The van der Waals surface area contributed by atoms with Gasteiger partial charge in [0.25, 0.3) is 10.0 Å². The third kappa shape index (κ3) is 8.03. The molecule has 1 atom stereocenters. The van der Waals surface area contributed by atoms with Crippen LogP contribution in [-0.2, 0) is 26.2 Å². The lowest BCUT2D eigenvalue weighted by Crippen LogP contribution is -2.52. The number of carbonyl (C=O) groups is 2. The second kappa shape index (κ2) is 14.7. The summed E-state index contributed by atoms with van der Waals surface area (Å²) in [4.78, 5) is 28.9. The SMILES string of the molecule is CCCCNC(=O)C(CC)N(Cc1c(Cl)cccc1Cl)C(=O)CN(c1ccc(C)c(C)c1)S(=O)(=O)c1ccccc1. The molecule has 7 nitrogen and oxygen atoms in total. The molecule has 41 heavy (non-hydrogen) atoms. The van der Waals surface area contributed by atoms with Gasteiger partial charge in [-0.2, -0.15) is 0 Å². The van der Waals surface area contributed by atoms with E-state index in [1.807, 2.05) is 26.8 Å².